The number of carbonyl (C=O) groups is 1. The van der Waals surface area contributed by atoms with E-state index in [1.807, 2.05) is 31.3 Å². The van der Waals surface area contributed by atoms with Crippen molar-refractivity contribution in [1.29, 1.82) is 0 Å². The monoisotopic (exact) mass is 375 g/mol. The Hall–Kier alpha value is -0.620. The van der Waals surface area contributed by atoms with Gasteiger partial charge in [-0.05, 0) is 44.6 Å². The first-order valence-corrected chi connectivity index (χ1v) is 7.91. The van der Waals surface area contributed by atoms with Gasteiger partial charge in [-0.15, -0.1) is 12.4 Å². The van der Waals surface area contributed by atoms with E-state index in [0.29, 0.717) is 12.5 Å². The van der Waals surface area contributed by atoms with E-state index in [0.717, 1.165) is 29.8 Å². The summed E-state index contributed by atoms with van der Waals surface area (Å²) in [4.78, 5) is 14.3. The van der Waals surface area contributed by atoms with Crippen LogP contribution in [0.2, 0.25) is 0 Å². The van der Waals surface area contributed by atoms with E-state index < -0.39 is 0 Å². The van der Waals surface area contributed by atoms with Crippen molar-refractivity contribution < 1.29 is 4.79 Å². The highest BCUT2D eigenvalue weighted by Gasteiger charge is 2.18. The molecular formula is C15H23BrClN3O. The molecule has 0 aromatic heterocycles. The quantitative estimate of drug-likeness (QED) is 0.830. The van der Waals surface area contributed by atoms with Gasteiger partial charge in [0.2, 0.25) is 5.91 Å². The molecule has 1 fully saturated rings. The average Bonchev–Trinajstić information content (AvgIpc) is 2.45. The number of nitrogens with zero attached hydrogens (tertiary/aromatic N) is 1. The van der Waals surface area contributed by atoms with Crippen LogP contribution in [0.5, 0.6) is 0 Å². The van der Waals surface area contributed by atoms with Gasteiger partial charge in [0.05, 0.1) is 0 Å². The number of halogens is 2. The minimum atomic E-state index is 0. The summed E-state index contributed by atoms with van der Waals surface area (Å²) in [5, 5.41) is 6.26. The first-order valence-electron chi connectivity index (χ1n) is 7.12. The van der Waals surface area contributed by atoms with E-state index >= 15 is 0 Å². The second-order valence-electron chi connectivity index (χ2n) is 5.24. The van der Waals surface area contributed by atoms with Crippen LogP contribution in [0.3, 0.4) is 0 Å². The molecule has 1 unspecified atom stereocenters. The zero-order valence-electron chi connectivity index (χ0n) is 12.3. The molecule has 0 radical (unpaired) electrons. The largest absolute Gasteiger partial charge is 0.326 e. The summed E-state index contributed by atoms with van der Waals surface area (Å²) in [6.07, 6.45) is 2.99. The molecule has 6 heteroatoms. The Morgan fingerprint density at radius 2 is 2.29 bits per heavy atom. The lowest BCUT2D eigenvalue weighted by Gasteiger charge is -2.32. The molecule has 1 atom stereocenters. The standard InChI is InChI=1S/C15H22BrN3O.ClH/c1-17-14-6-3-8-19(11-14)9-7-15(20)18-13-5-2-4-12(16)10-13;/h2,4-5,10,14,17H,3,6-9,11H2,1H3,(H,18,20);1H. The van der Waals surface area contributed by atoms with Gasteiger partial charge >= 0.3 is 0 Å². The average molecular weight is 377 g/mol. The van der Waals surface area contributed by atoms with Crippen LogP contribution in [0.15, 0.2) is 28.7 Å². The zero-order valence-corrected chi connectivity index (χ0v) is 14.7. The Kier molecular flexibility index (Phi) is 8.26. The number of anilines is 1. The maximum absolute atomic E-state index is 11.9. The summed E-state index contributed by atoms with van der Waals surface area (Å²) in [5.41, 5.74) is 0.844. The van der Waals surface area contributed by atoms with Crippen molar-refractivity contribution >= 4 is 39.9 Å². The minimum Gasteiger partial charge on any atom is -0.326 e. The van der Waals surface area contributed by atoms with Crippen molar-refractivity contribution in [3.8, 4) is 0 Å². The van der Waals surface area contributed by atoms with Crippen molar-refractivity contribution in [2.45, 2.75) is 25.3 Å². The fourth-order valence-electron chi connectivity index (χ4n) is 2.54. The summed E-state index contributed by atoms with van der Waals surface area (Å²) in [6, 6.07) is 8.25. The molecule has 118 valence electrons. The summed E-state index contributed by atoms with van der Waals surface area (Å²) in [5.74, 6) is 0.0784. The van der Waals surface area contributed by atoms with Gasteiger partial charge in [-0.2, -0.15) is 0 Å². The SMILES string of the molecule is CNC1CCCN(CCC(=O)Nc2cccc(Br)c2)C1.Cl. The lowest BCUT2D eigenvalue weighted by Crippen LogP contribution is -2.45. The van der Waals surface area contributed by atoms with Crippen LogP contribution in [0.1, 0.15) is 19.3 Å². The Balaban J connectivity index is 0.00000220. The molecule has 1 amide bonds. The Labute approximate surface area is 141 Å². The molecule has 2 N–H and O–H groups in total. The van der Waals surface area contributed by atoms with Crippen molar-refractivity contribution in [2.75, 3.05) is 32.0 Å². The van der Waals surface area contributed by atoms with E-state index in [9.17, 15) is 4.79 Å². The third kappa shape index (κ3) is 6.34. The van der Waals surface area contributed by atoms with Gasteiger partial charge in [-0.25, -0.2) is 0 Å². The highest BCUT2D eigenvalue weighted by atomic mass is 79.9. The second-order valence-corrected chi connectivity index (χ2v) is 6.15. The number of benzene rings is 1. The van der Waals surface area contributed by atoms with Crippen LogP contribution < -0.4 is 10.6 Å². The van der Waals surface area contributed by atoms with Gasteiger partial charge in [0, 0.05) is 35.7 Å². The molecule has 0 bridgehead atoms. The Morgan fingerprint density at radius 1 is 1.48 bits per heavy atom. The predicted octanol–water partition coefficient (Wildman–Crippen LogP) is 2.88. The van der Waals surface area contributed by atoms with Crippen LogP contribution in [0.25, 0.3) is 0 Å². The molecule has 1 aromatic carbocycles. The van der Waals surface area contributed by atoms with Crippen LogP contribution in [-0.4, -0.2) is 43.5 Å². The third-order valence-corrected chi connectivity index (χ3v) is 4.17. The maximum Gasteiger partial charge on any atom is 0.225 e. The molecular weight excluding hydrogens is 354 g/mol. The molecule has 1 saturated heterocycles. The molecule has 4 nitrogen and oxygen atoms in total. The molecule has 1 aliphatic rings. The molecule has 0 saturated carbocycles. The van der Waals surface area contributed by atoms with E-state index in [-0.39, 0.29) is 18.3 Å². The second kappa shape index (κ2) is 9.41. The predicted molar refractivity (Wildman–Crippen MR) is 93.2 cm³/mol. The molecule has 21 heavy (non-hydrogen) atoms. The number of hydrogen-bond acceptors (Lipinski definition) is 3. The van der Waals surface area contributed by atoms with Crippen molar-refractivity contribution in [2.24, 2.45) is 0 Å². The van der Waals surface area contributed by atoms with Crippen LogP contribution in [0, 0.1) is 0 Å². The molecule has 0 aliphatic carbocycles. The van der Waals surface area contributed by atoms with Gasteiger partial charge in [0.15, 0.2) is 0 Å². The smallest absolute Gasteiger partial charge is 0.225 e. The Bertz CT molecular complexity index is 458. The number of hydrogen-bond donors (Lipinski definition) is 2. The van der Waals surface area contributed by atoms with Crippen LogP contribution >= 0.6 is 28.3 Å². The topological polar surface area (TPSA) is 44.4 Å². The number of nitrogens with one attached hydrogen (secondary N) is 2. The van der Waals surface area contributed by atoms with Gasteiger partial charge in [-0.1, -0.05) is 22.0 Å². The van der Waals surface area contributed by atoms with Crippen molar-refractivity contribution in [3.05, 3.63) is 28.7 Å². The molecule has 1 heterocycles. The Morgan fingerprint density at radius 3 is 3.00 bits per heavy atom. The number of piperidine rings is 1. The fraction of sp³-hybridized carbons (Fsp3) is 0.533. The lowest BCUT2D eigenvalue weighted by molar-refractivity contribution is -0.116. The van der Waals surface area contributed by atoms with Crippen molar-refractivity contribution in [3.63, 3.8) is 0 Å². The number of amides is 1. The number of carbonyl (C=O) groups excluding carboxylic acids is 1. The first kappa shape index (κ1) is 18.4. The normalized spacial score (nSPS) is 18.9. The van der Waals surface area contributed by atoms with Gasteiger partial charge in [0.25, 0.3) is 0 Å². The van der Waals surface area contributed by atoms with Crippen molar-refractivity contribution in [1.82, 2.24) is 10.2 Å². The summed E-state index contributed by atoms with van der Waals surface area (Å²) in [7, 11) is 2.01. The van der Waals surface area contributed by atoms with E-state index in [1.54, 1.807) is 0 Å². The highest BCUT2D eigenvalue weighted by Crippen LogP contribution is 2.16. The lowest BCUT2D eigenvalue weighted by atomic mass is 10.1. The molecule has 0 spiro atoms. The van der Waals surface area contributed by atoms with Gasteiger partial charge in [-0.3, -0.25) is 4.79 Å². The zero-order chi connectivity index (χ0) is 14.4. The number of likely N-dealkylation sites (tertiary alicyclic amines) is 1. The van der Waals surface area contributed by atoms with Gasteiger partial charge in [0.1, 0.15) is 0 Å². The maximum atomic E-state index is 11.9. The van der Waals surface area contributed by atoms with Crippen LogP contribution in [0.4, 0.5) is 5.69 Å². The van der Waals surface area contributed by atoms with Gasteiger partial charge < -0.3 is 15.5 Å². The summed E-state index contributed by atoms with van der Waals surface area (Å²) >= 11 is 3.40. The molecule has 1 aliphatic heterocycles. The molecule has 2 rings (SSSR count). The highest BCUT2D eigenvalue weighted by molar-refractivity contribution is 9.10. The first-order chi connectivity index (χ1) is 9.67. The summed E-state index contributed by atoms with van der Waals surface area (Å²) < 4.78 is 0.975. The third-order valence-electron chi connectivity index (χ3n) is 3.68. The van der Waals surface area contributed by atoms with E-state index in [2.05, 4.69) is 31.5 Å². The van der Waals surface area contributed by atoms with E-state index in [1.165, 1.54) is 12.8 Å². The molecule has 1 aromatic rings. The number of likely N-dealkylation sites (N-methyl/N-ethyl adjacent to an activating group) is 1. The fourth-order valence-corrected chi connectivity index (χ4v) is 2.94. The summed E-state index contributed by atoms with van der Waals surface area (Å²) in [6.45, 7) is 2.97. The number of rotatable bonds is 5. The van der Waals surface area contributed by atoms with E-state index in [4.69, 9.17) is 0 Å². The van der Waals surface area contributed by atoms with Crippen LogP contribution in [-0.2, 0) is 4.79 Å². The minimum absolute atomic E-state index is 0.